The third-order valence-electron chi connectivity index (χ3n) is 2.78. The highest BCUT2D eigenvalue weighted by molar-refractivity contribution is 7.89. The Hall–Kier alpha value is -1.40. The van der Waals surface area contributed by atoms with Crippen LogP contribution in [0.25, 0.3) is 0 Å². The zero-order valence-corrected chi connectivity index (χ0v) is 12.2. The fourth-order valence-electron chi connectivity index (χ4n) is 1.66. The lowest BCUT2D eigenvalue weighted by molar-refractivity contribution is 0.282. The van der Waals surface area contributed by atoms with Crippen LogP contribution < -0.4 is 4.72 Å². The fourth-order valence-corrected chi connectivity index (χ4v) is 2.98. The number of nitrogens with one attached hydrogen (secondary N) is 1. The standard InChI is InChI=1S/C14H14ClNO3S/c15-13-2-1-3-14(8-13)20(18,19)16-9-11-4-6-12(10-17)7-5-11/h1-8,16-17H,9-10H2. The first-order valence-corrected chi connectivity index (χ1v) is 7.81. The van der Waals surface area contributed by atoms with Crippen LogP contribution in [0.15, 0.2) is 53.4 Å². The molecule has 0 aliphatic rings. The van der Waals surface area contributed by atoms with Gasteiger partial charge < -0.3 is 5.11 Å². The number of rotatable bonds is 5. The maximum atomic E-state index is 12.1. The third-order valence-corrected chi connectivity index (χ3v) is 4.41. The van der Waals surface area contributed by atoms with E-state index in [1.807, 2.05) is 0 Å². The van der Waals surface area contributed by atoms with Crippen molar-refractivity contribution in [3.05, 3.63) is 64.7 Å². The second kappa shape index (κ2) is 6.37. The minimum atomic E-state index is -3.58. The van der Waals surface area contributed by atoms with Crippen LogP contribution in [0.1, 0.15) is 11.1 Å². The van der Waals surface area contributed by atoms with Gasteiger partial charge >= 0.3 is 0 Å². The first-order valence-electron chi connectivity index (χ1n) is 5.95. The Morgan fingerprint density at radius 1 is 1.05 bits per heavy atom. The van der Waals surface area contributed by atoms with Crippen LogP contribution in [0.4, 0.5) is 0 Å². The lowest BCUT2D eigenvalue weighted by Crippen LogP contribution is -2.23. The van der Waals surface area contributed by atoms with Gasteiger partial charge in [-0.2, -0.15) is 0 Å². The van der Waals surface area contributed by atoms with E-state index in [1.165, 1.54) is 12.1 Å². The van der Waals surface area contributed by atoms with E-state index in [9.17, 15) is 8.42 Å². The first-order chi connectivity index (χ1) is 9.51. The highest BCUT2D eigenvalue weighted by Gasteiger charge is 2.13. The Kier molecular flexibility index (Phi) is 4.77. The third kappa shape index (κ3) is 3.80. The molecular weight excluding hydrogens is 298 g/mol. The Labute approximate surface area is 123 Å². The zero-order chi connectivity index (χ0) is 14.6. The SMILES string of the molecule is O=S(=O)(NCc1ccc(CO)cc1)c1cccc(Cl)c1. The maximum Gasteiger partial charge on any atom is 0.240 e. The number of benzene rings is 2. The van der Waals surface area contributed by atoms with E-state index in [0.29, 0.717) is 5.02 Å². The molecule has 0 bridgehead atoms. The minimum absolute atomic E-state index is 0.0332. The summed E-state index contributed by atoms with van der Waals surface area (Å²) < 4.78 is 26.6. The highest BCUT2D eigenvalue weighted by Crippen LogP contribution is 2.15. The van der Waals surface area contributed by atoms with Gasteiger partial charge in [0.25, 0.3) is 0 Å². The average molecular weight is 312 g/mol. The molecular formula is C14H14ClNO3S. The summed E-state index contributed by atoms with van der Waals surface area (Å²) in [6.45, 7) is 0.148. The van der Waals surface area contributed by atoms with E-state index in [-0.39, 0.29) is 18.0 Å². The molecule has 20 heavy (non-hydrogen) atoms. The number of hydrogen-bond donors (Lipinski definition) is 2. The Bertz CT molecular complexity index is 684. The molecule has 0 atom stereocenters. The van der Waals surface area contributed by atoms with Crippen molar-refractivity contribution in [2.75, 3.05) is 0 Å². The number of halogens is 1. The smallest absolute Gasteiger partial charge is 0.240 e. The van der Waals surface area contributed by atoms with Crippen LogP contribution in [-0.2, 0) is 23.2 Å². The van der Waals surface area contributed by atoms with E-state index in [0.717, 1.165) is 11.1 Å². The van der Waals surface area contributed by atoms with Crippen molar-refractivity contribution in [2.24, 2.45) is 0 Å². The summed E-state index contributed by atoms with van der Waals surface area (Å²) in [5.41, 5.74) is 1.60. The number of hydrogen-bond acceptors (Lipinski definition) is 3. The van der Waals surface area contributed by atoms with Gasteiger partial charge in [0.05, 0.1) is 11.5 Å². The predicted molar refractivity (Wildman–Crippen MR) is 77.8 cm³/mol. The predicted octanol–water partition coefficient (Wildman–Crippen LogP) is 2.31. The molecule has 2 aromatic carbocycles. The molecule has 0 unspecified atom stereocenters. The Morgan fingerprint density at radius 3 is 2.30 bits per heavy atom. The van der Waals surface area contributed by atoms with Gasteiger partial charge in [0.1, 0.15) is 0 Å². The maximum absolute atomic E-state index is 12.1. The number of sulfonamides is 1. The number of aliphatic hydroxyl groups is 1. The molecule has 0 amide bonds. The average Bonchev–Trinajstić information content (AvgIpc) is 2.46. The van der Waals surface area contributed by atoms with Gasteiger partial charge in [-0.1, -0.05) is 41.9 Å². The van der Waals surface area contributed by atoms with Crippen LogP contribution >= 0.6 is 11.6 Å². The molecule has 0 aliphatic heterocycles. The summed E-state index contributed by atoms with van der Waals surface area (Å²) in [6.07, 6.45) is 0. The highest BCUT2D eigenvalue weighted by atomic mass is 35.5. The Balaban J connectivity index is 2.09. The summed E-state index contributed by atoms with van der Waals surface area (Å²) in [4.78, 5) is 0.136. The summed E-state index contributed by atoms with van der Waals surface area (Å²) in [5.74, 6) is 0. The monoisotopic (exact) mass is 311 g/mol. The van der Waals surface area contributed by atoms with Crippen molar-refractivity contribution in [1.82, 2.24) is 4.72 Å². The van der Waals surface area contributed by atoms with Crippen molar-refractivity contribution in [3.8, 4) is 0 Å². The summed E-state index contributed by atoms with van der Waals surface area (Å²) in [7, 11) is -3.58. The molecule has 2 aromatic rings. The molecule has 2 rings (SSSR count). The van der Waals surface area contributed by atoms with Crippen LogP contribution in [-0.4, -0.2) is 13.5 Å². The van der Waals surface area contributed by atoms with Crippen molar-refractivity contribution in [1.29, 1.82) is 0 Å². The fraction of sp³-hybridized carbons (Fsp3) is 0.143. The van der Waals surface area contributed by atoms with Crippen LogP contribution in [0, 0.1) is 0 Å². The molecule has 0 saturated heterocycles. The van der Waals surface area contributed by atoms with Crippen molar-refractivity contribution in [3.63, 3.8) is 0 Å². The van der Waals surface area contributed by atoms with E-state index in [2.05, 4.69) is 4.72 Å². The first kappa shape index (κ1) is 15.0. The lowest BCUT2D eigenvalue weighted by Gasteiger charge is -2.07. The van der Waals surface area contributed by atoms with E-state index in [1.54, 1.807) is 36.4 Å². The van der Waals surface area contributed by atoms with Crippen LogP contribution in [0.3, 0.4) is 0 Å². The van der Waals surface area contributed by atoms with Crippen LogP contribution in [0.2, 0.25) is 5.02 Å². The van der Waals surface area contributed by atoms with Gasteiger partial charge in [-0.3, -0.25) is 0 Å². The van der Waals surface area contributed by atoms with Gasteiger partial charge in [0.15, 0.2) is 0 Å². The normalized spacial score (nSPS) is 11.5. The molecule has 0 heterocycles. The van der Waals surface area contributed by atoms with Gasteiger partial charge in [-0.15, -0.1) is 0 Å². The lowest BCUT2D eigenvalue weighted by atomic mass is 10.1. The van der Waals surface area contributed by atoms with Crippen molar-refractivity contribution < 1.29 is 13.5 Å². The summed E-state index contributed by atoms with van der Waals surface area (Å²) >= 11 is 5.79. The Morgan fingerprint density at radius 2 is 1.70 bits per heavy atom. The molecule has 0 aromatic heterocycles. The topological polar surface area (TPSA) is 66.4 Å². The van der Waals surface area contributed by atoms with Gasteiger partial charge in [0, 0.05) is 11.6 Å². The molecule has 6 heteroatoms. The molecule has 4 nitrogen and oxygen atoms in total. The van der Waals surface area contributed by atoms with Crippen molar-refractivity contribution >= 4 is 21.6 Å². The molecule has 0 spiro atoms. The van der Waals surface area contributed by atoms with Gasteiger partial charge in [-0.25, -0.2) is 13.1 Å². The zero-order valence-electron chi connectivity index (χ0n) is 10.6. The molecule has 0 radical (unpaired) electrons. The summed E-state index contributed by atoms with van der Waals surface area (Å²) in [6, 6.07) is 13.1. The molecule has 0 saturated carbocycles. The van der Waals surface area contributed by atoms with E-state index < -0.39 is 10.0 Å². The number of aliphatic hydroxyl groups excluding tert-OH is 1. The van der Waals surface area contributed by atoms with Crippen LogP contribution in [0.5, 0.6) is 0 Å². The second-order valence-electron chi connectivity index (χ2n) is 4.26. The van der Waals surface area contributed by atoms with E-state index in [4.69, 9.17) is 16.7 Å². The van der Waals surface area contributed by atoms with Crippen molar-refractivity contribution in [2.45, 2.75) is 18.0 Å². The molecule has 0 aliphatic carbocycles. The van der Waals surface area contributed by atoms with Gasteiger partial charge in [-0.05, 0) is 29.3 Å². The quantitative estimate of drug-likeness (QED) is 0.890. The molecule has 106 valence electrons. The minimum Gasteiger partial charge on any atom is -0.392 e. The van der Waals surface area contributed by atoms with Gasteiger partial charge in [0.2, 0.25) is 10.0 Å². The van der Waals surface area contributed by atoms with E-state index >= 15 is 0 Å². The molecule has 0 fully saturated rings. The second-order valence-corrected chi connectivity index (χ2v) is 6.46. The molecule has 2 N–H and O–H groups in total. The largest absolute Gasteiger partial charge is 0.392 e. The summed E-state index contributed by atoms with van der Waals surface area (Å²) in [5, 5.41) is 9.31.